The molecule has 2 heteroatoms. The third kappa shape index (κ3) is 5.78. The average Bonchev–Trinajstić information content (AvgIpc) is 2.19. The van der Waals surface area contributed by atoms with Gasteiger partial charge in [0.05, 0.1) is 5.71 Å². The molecule has 0 aliphatic heterocycles. The molecule has 0 amide bonds. The highest BCUT2D eigenvalue weighted by Crippen LogP contribution is 2.09. The lowest BCUT2D eigenvalue weighted by Crippen LogP contribution is -1.96. The fraction of sp³-hybridized carbons (Fsp3) is 0.385. The first-order valence-corrected chi connectivity index (χ1v) is 5.11. The predicted octanol–water partition coefficient (Wildman–Crippen LogP) is 3.57. The van der Waals surface area contributed by atoms with E-state index in [1.807, 2.05) is 6.08 Å². The van der Waals surface area contributed by atoms with Gasteiger partial charge in [-0.2, -0.15) is 0 Å². The van der Waals surface area contributed by atoms with Gasteiger partial charge in [0.15, 0.2) is 0 Å². The number of hydrogen-bond acceptors (Lipinski definition) is 2. The van der Waals surface area contributed by atoms with Crippen molar-refractivity contribution in [2.45, 2.75) is 26.7 Å². The third-order valence-corrected chi connectivity index (χ3v) is 1.97. The second-order valence-corrected chi connectivity index (χ2v) is 3.37. The zero-order valence-electron chi connectivity index (χ0n) is 9.95. The van der Waals surface area contributed by atoms with Crippen LogP contribution >= 0.6 is 0 Å². The molecule has 2 nitrogen and oxygen atoms in total. The lowest BCUT2D eigenvalue weighted by Gasteiger charge is -2.02. The first-order chi connectivity index (χ1) is 7.15. The molecule has 82 valence electrons. The maximum absolute atomic E-state index is 4.14. The summed E-state index contributed by atoms with van der Waals surface area (Å²) in [4.78, 5) is 7.78. The molecule has 0 aliphatic carbocycles. The van der Waals surface area contributed by atoms with Crippen LogP contribution in [-0.2, 0) is 0 Å². The number of hydrogen-bond donors (Lipinski definition) is 0. The Bertz CT molecular complexity index is 306. The van der Waals surface area contributed by atoms with E-state index in [0.717, 1.165) is 24.1 Å². The summed E-state index contributed by atoms with van der Waals surface area (Å²) in [7, 11) is 1.75. The van der Waals surface area contributed by atoms with E-state index in [-0.39, 0.29) is 0 Å². The summed E-state index contributed by atoms with van der Waals surface area (Å²) in [5.41, 5.74) is 3.09. The quantitative estimate of drug-likeness (QED) is 0.467. The normalized spacial score (nSPS) is 13.3. The van der Waals surface area contributed by atoms with Gasteiger partial charge in [0.25, 0.3) is 0 Å². The lowest BCUT2D eigenvalue weighted by molar-refractivity contribution is 0.905. The summed E-state index contributed by atoms with van der Waals surface area (Å²) < 4.78 is 0. The predicted molar refractivity (Wildman–Crippen MR) is 69.9 cm³/mol. The zero-order valence-corrected chi connectivity index (χ0v) is 9.95. The van der Waals surface area contributed by atoms with Crippen LogP contribution in [0.5, 0.6) is 0 Å². The van der Waals surface area contributed by atoms with Crippen LogP contribution in [0.3, 0.4) is 0 Å². The number of nitrogens with zero attached hydrogens (tertiary/aromatic N) is 2. The summed E-state index contributed by atoms with van der Waals surface area (Å²) in [6, 6.07) is 0. The van der Waals surface area contributed by atoms with E-state index in [2.05, 4.69) is 43.2 Å². The Balaban J connectivity index is 4.61. The van der Waals surface area contributed by atoms with Crippen LogP contribution in [-0.4, -0.2) is 19.5 Å². The van der Waals surface area contributed by atoms with Gasteiger partial charge < -0.3 is 0 Å². The molecule has 0 bridgehead atoms. The molecule has 15 heavy (non-hydrogen) atoms. The first kappa shape index (κ1) is 13.6. The zero-order chi connectivity index (χ0) is 11.7. The van der Waals surface area contributed by atoms with Crippen LogP contribution in [0.1, 0.15) is 26.7 Å². The third-order valence-electron chi connectivity index (χ3n) is 1.97. The van der Waals surface area contributed by atoms with Crippen molar-refractivity contribution in [2.24, 2.45) is 9.98 Å². The Kier molecular flexibility index (Phi) is 7.16. The van der Waals surface area contributed by atoms with Crippen molar-refractivity contribution in [3.63, 3.8) is 0 Å². The highest BCUT2D eigenvalue weighted by molar-refractivity contribution is 6.09. The van der Waals surface area contributed by atoms with Gasteiger partial charge in [-0.25, -0.2) is 0 Å². The van der Waals surface area contributed by atoms with E-state index < -0.39 is 0 Å². The summed E-state index contributed by atoms with van der Waals surface area (Å²) >= 11 is 0. The topological polar surface area (TPSA) is 24.7 Å². The largest absolute Gasteiger partial charge is 0.288 e. The molecule has 0 saturated heterocycles. The van der Waals surface area contributed by atoms with E-state index in [0.29, 0.717) is 0 Å². The minimum atomic E-state index is 0.845. The minimum absolute atomic E-state index is 0.845. The molecular formula is C13H20N2. The summed E-state index contributed by atoms with van der Waals surface area (Å²) in [6.07, 6.45) is 7.75. The van der Waals surface area contributed by atoms with E-state index in [1.165, 1.54) is 5.57 Å². The fourth-order valence-corrected chi connectivity index (χ4v) is 1.29. The van der Waals surface area contributed by atoms with E-state index in [4.69, 9.17) is 0 Å². The van der Waals surface area contributed by atoms with Crippen molar-refractivity contribution in [1.29, 1.82) is 0 Å². The van der Waals surface area contributed by atoms with Gasteiger partial charge in [0.2, 0.25) is 0 Å². The van der Waals surface area contributed by atoms with Crippen molar-refractivity contribution in [2.75, 3.05) is 7.05 Å². The van der Waals surface area contributed by atoms with Gasteiger partial charge in [-0.15, -0.1) is 0 Å². The van der Waals surface area contributed by atoms with Crippen LogP contribution in [0.25, 0.3) is 0 Å². The van der Waals surface area contributed by atoms with Gasteiger partial charge in [0.1, 0.15) is 0 Å². The lowest BCUT2D eigenvalue weighted by atomic mass is 10.1. The molecule has 0 aromatic carbocycles. The minimum Gasteiger partial charge on any atom is -0.288 e. The van der Waals surface area contributed by atoms with Crippen molar-refractivity contribution < 1.29 is 0 Å². The molecule has 0 rings (SSSR count). The standard InChI is InChI=1S/C13H20N2/c1-6-7-11(2)10-12(3)13(15-5)8-9-14-4/h8-10H,3-4,6-7H2,1-2,5H3/b9-8-,11-10-,15-13?. The van der Waals surface area contributed by atoms with Gasteiger partial charge in [-0.3, -0.25) is 9.98 Å². The van der Waals surface area contributed by atoms with Crippen LogP contribution in [0.15, 0.2) is 46.1 Å². The number of allylic oxidation sites excluding steroid dienone is 4. The molecule has 0 N–H and O–H groups in total. The average molecular weight is 204 g/mol. The molecule has 0 atom stereocenters. The summed E-state index contributed by atoms with van der Waals surface area (Å²) in [5.74, 6) is 0. The SMILES string of the molecule is C=N/C=C\C(=NC)C(=C)/C=C(/C)CCC. The van der Waals surface area contributed by atoms with Crippen LogP contribution < -0.4 is 0 Å². The molecule has 0 fully saturated rings. The second-order valence-electron chi connectivity index (χ2n) is 3.37. The molecule has 0 aromatic rings. The van der Waals surface area contributed by atoms with Crippen molar-refractivity contribution in [3.05, 3.63) is 36.1 Å². The Morgan fingerprint density at radius 1 is 1.40 bits per heavy atom. The van der Waals surface area contributed by atoms with E-state index in [9.17, 15) is 0 Å². The highest BCUT2D eigenvalue weighted by Gasteiger charge is 1.97. The van der Waals surface area contributed by atoms with Gasteiger partial charge >= 0.3 is 0 Å². The first-order valence-electron chi connectivity index (χ1n) is 5.11. The highest BCUT2D eigenvalue weighted by atomic mass is 14.7. The maximum Gasteiger partial charge on any atom is 0.0652 e. The molecule has 0 aliphatic rings. The van der Waals surface area contributed by atoms with Crippen molar-refractivity contribution in [1.82, 2.24) is 0 Å². The molecular weight excluding hydrogens is 184 g/mol. The molecule has 0 spiro atoms. The molecule has 0 aromatic heterocycles. The molecule has 0 saturated carbocycles. The second kappa shape index (κ2) is 7.92. The summed E-state index contributed by atoms with van der Waals surface area (Å²) in [5, 5.41) is 0. The van der Waals surface area contributed by atoms with Gasteiger partial charge in [0, 0.05) is 13.2 Å². The smallest absolute Gasteiger partial charge is 0.0652 e. The van der Waals surface area contributed by atoms with Crippen LogP contribution in [0.2, 0.25) is 0 Å². The van der Waals surface area contributed by atoms with Gasteiger partial charge in [-0.05, 0) is 31.7 Å². The monoisotopic (exact) mass is 204 g/mol. The number of aliphatic imine (C=N–C) groups is 2. The van der Waals surface area contributed by atoms with E-state index >= 15 is 0 Å². The van der Waals surface area contributed by atoms with E-state index in [1.54, 1.807) is 13.2 Å². The molecule has 0 radical (unpaired) electrons. The van der Waals surface area contributed by atoms with Crippen molar-refractivity contribution >= 4 is 12.4 Å². The Labute approximate surface area is 92.8 Å². The van der Waals surface area contributed by atoms with Crippen LogP contribution in [0.4, 0.5) is 0 Å². The van der Waals surface area contributed by atoms with Crippen molar-refractivity contribution in [3.8, 4) is 0 Å². The Hall–Kier alpha value is -1.44. The Morgan fingerprint density at radius 2 is 2.07 bits per heavy atom. The molecule has 0 unspecified atom stereocenters. The Morgan fingerprint density at radius 3 is 2.53 bits per heavy atom. The number of rotatable bonds is 6. The summed E-state index contributed by atoms with van der Waals surface area (Å²) in [6.45, 7) is 11.6. The maximum atomic E-state index is 4.14. The van der Waals surface area contributed by atoms with Crippen LogP contribution in [0, 0.1) is 0 Å². The molecule has 0 heterocycles. The van der Waals surface area contributed by atoms with Gasteiger partial charge in [-0.1, -0.05) is 31.6 Å². The fourth-order valence-electron chi connectivity index (χ4n) is 1.29.